The van der Waals surface area contributed by atoms with Gasteiger partial charge in [0.05, 0.1) is 11.5 Å². The zero-order valence-corrected chi connectivity index (χ0v) is 16.8. The Labute approximate surface area is 159 Å². The number of fused-ring (bicyclic) bond motifs is 1. The molecule has 3 rings (SSSR count). The Morgan fingerprint density at radius 1 is 1.07 bits per heavy atom. The van der Waals surface area contributed by atoms with Crippen molar-refractivity contribution in [3.8, 4) is 5.75 Å². The number of benzene rings is 2. The van der Waals surface area contributed by atoms with Crippen molar-refractivity contribution in [3.63, 3.8) is 0 Å². The molecule has 1 N–H and O–H groups in total. The van der Waals surface area contributed by atoms with Crippen molar-refractivity contribution < 1.29 is 22.3 Å². The van der Waals surface area contributed by atoms with Gasteiger partial charge in [-0.2, -0.15) is 0 Å². The van der Waals surface area contributed by atoms with Crippen molar-refractivity contribution in [1.82, 2.24) is 4.72 Å². The van der Waals surface area contributed by atoms with E-state index in [0.717, 1.165) is 22.3 Å². The normalized spacial score (nSPS) is 14.0. The van der Waals surface area contributed by atoms with Crippen molar-refractivity contribution in [1.29, 1.82) is 0 Å². The van der Waals surface area contributed by atoms with Crippen LogP contribution in [-0.4, -0.2) is 21.8 Å². The first-order valence-corrected chi connectivity index (χ1v) is 10.3. The van der Waals surface area contributed by atoms with Crippen LogP contribution in [0.4, 0.5) is 4.39 Å². The van der Waals surface area contributed by atoms with E-state index in [-0.39, 0.29) is 25.8 Å². The van der Waals surface area contributed by atoms with Gasteiger partial charge in [0, 0.05) is 12.1 Å². The molecule has 1 heterocycles. The molecule has 0 saturated carbocycles. The molecule has 7 heteroatoms. The van der Waals surface area contributed by atoms with E-state index < -0.39 is 10.0 Å². The van der Waals surface area contributed by atoms with Crippen LogP contribution in [0.15, 0.2) is 23.1 Å². The first-order valence-electron chi connectivity index (χ1n) is 8.79. The lowest BCUT2D eigenvalue weighted by Gasteiger charge is -2.21. The lowest BCUT2D eigenvalue weighted by atomic mass is 10.0. The number of aryl methyl sites for hydroxylation is 2. The fourth-order valence-corrected chi connectivity index (χ4v) is 5.06. The van der Waals surface area contributed by atoms with Gasteiger partial charge in [-0.3, -0.25) is 0 Å². The molecule has 0 amide bonds. The Morgan fingerprint density at radius 2 is 1.74 bits per heavy atom. The molecular formula is C20H24FNO4S. The Balaban J connectivity index is 1.81. The lowest BCUT2D eigenvalue weighted by molar-refractivity contribution is -0.0172. The third-order valence-corrected chi connectivity index (χ3v) is 6.74. The van der Waals surface area contributed by atoms with Crippen molar-refractivity contribution in [2.45, 2.75) is 45.6 Å². The number of rotatable bonds is 5. The molecule has 0 unspecified atom stereocenters. The minimum absolute atomic E-state index is 0.109. The molecule has 0 aromatic heterocycles. The summed E-state index contributed by atoms with van der Waals surface area (Å²) < 4.78 is 52.9. The smallest absolute Gasteiger partial charge is 0.241 e. The number of hydrogen-bond donors (Lipinski definition) is 1. The second kappa shape index (κ2) is 7.58. The quantitative estimate of drug-likeness (QED) is 0.845. The number of hydrogen-bond acceptors (Lipinski definition) is 4. The molecule has 1 aliphatic heterocycles. The van der Waals surface area contributed by atoms with Crippen LogP contribution in [-0.2, 0) is 27.8 Å². The van der Waals surface area contributed by atoms with Gasteiger partial charge in [0.2, 0.25) is 10.0 Å². The standard InChI is InChI=1S/C20H24FNO4S/c1-12-7-13(2)15(4)20(14(12)3)27(23,24)22-6-5-16-8-18(21)9-17-10-25-11-26-19(16)17/h7-9,22H,5-6,10-11H2,1-4H3. The molecule has 146 valence electrons. The largest absolute Gasteiger partial charge is 0.467 e. The molecule has 5 nitrogen and oxygen atoms in total. The van der Waals surface area contributed by atoms with Crippen LogP contribution in [0.5, 0.6) is 5.75 Å². The van der Waals surface area contributed by atoms with Crippen LogP contribution in [0, 0.1) is 33.5 Å². The zero-order chi connectivity index (χ0) is 19.8. The molecule has 2 aromatic rings. The summed E-state index contributed by atoms with van der Waals surface area (Å²) in [5, 5.41) is 0. The highest BCUT2D eigenvalue weighted by molar-refractivity contribution is 7.89. The second-order valence-electron chi connectivity index (χ2n) is 6.90. The molecular weight excluding hydrogens is 369 g/mol. The fourth-order valence-electron chi connectivity index (χ4n) is 3.42. The van der Waals surface area contributed by atoms with Gasteiger partial charge in [0.25, 0.3) is 0 Å². The lowest BCUT2D eigenvalue weighted by Crippen LogP contribution is -2.28. The van der Waals surface area contributed by atoms with Gasteiger partial charge < -0.3 is 9.47 Å². The van der Waals surface area contributed by atoms with E-state index in [0.29, 0.717) is 28.2 Å². The highest BCUT2D eigenvalue weighted by Gasteiger charge is 2.22. The molecule has 0 fully saturated rings. The SMILES string of the molecule is Cc1cc(C)c(C)c(S(=O)(=O)NCCc2cc(F)cc3c2OCOC3)c1C. The zero-order valence-electron chi connectivity index (χ0n) is 16.0. The van der Waals surface area contributed by atoms with E-state index >= 15 is 0 Å². The predicted octanol–water partition coefficient (Wildman–Crippen LogP) is 3.45. The van der Waals surface area contributed by atoms with Crippen LogP contribution in [0.1, 0.15) is 33.4 Å². The van der Waals surface area contributed by atoms with E-state index in [2.05, 4.69) is 4.72 Å². The minimum atomic E-state index is -3.68. The van der Waals surface area contributed by atoms with Crippen molar-refractivity contribution in [2.75, 3.05) is 13.3 Å². The topological polar surface area (TPSA) is 64.6 Å². The maximum atomic E-state index is 13.8. The Kier molecular flexibility index (Phi) is 5.55. The average Bonchev–Trinajstić information content (AvgIpc) is 2.59. The summed E-state index contributed by atoms with van der Waals surface area (Å²) in [5.41, 5.74) is 4.63. The first kappa shape index (κ1) is 19.8. The van der Waals surface area contributed by atoms with E-state index in [4.69, 9.17) is 9.47 Å². The highest BCUT2D eigenvalue weighted by Crippen LogP contribution is 2.30. The van der Waals surface area contributed by atoms with Gasteiger partial charge in [0.15, 0.2) is 6.79 Å². The number of nitrogens with one attached hydrogen (secondary N) is 1. The Morgan fingerprint density at radius 3 is 2.41 bits per heavy atom. The van der Waals surface area contributed by atoms with E-state index in [9.17, 15) is 12.8 Å². The molecule has 0 spiro atoms. The summed E-state index contributed by atoms with van der Waals surface area (Å²) in [6.07, 6.45) is 0.322. The summed E-state index contributed by atoms with van der Waals surface area (Å²) in [6, 6.07) is 4.75. The van der Waals surface area contributed by atoms with Crippen LogP contribution < -0.4 is 9.46 Å². The summed E-state index contributed by atoms with van der Waals surface area (Å²) in [7, 11) is -3.68. The van der Waals surface area contributed by atoms with Crippen LogP contribution >= 0.6 is 0 Å². The van der Waals surface area contributed by atoms with Gasteiger partial charge in [-0.05, 0) is 74.1 Å². The molecule has 2 aromatic carbocycles. The van der Waals surface area contributed by atoms with Crippen molar-refractivity contribution in [3.05, 3.63) is 57.4 Å². The molecule has 0 atom stereocenters. The molecule has 0 bridgehead atoms. The second-order valence-corrected chi connectivity index (χ2v) is 8.60. The maximum absolute atomic E-state index is 13.8. The third kappa shape index (κ3) is 4.00. The maximum Gasteiger partial charge on any atom is 0.241 e. The third-order valence-electron chi connectivity index (χ3n) is 5.00. The Hall–Kier alpha value is -1.96. The summed E-state index contributed by atoms with van der Waals surface area (Å²) in [6.45, 7) is 7.97. The first-order chi connectivity index (χ1) is 12.7. The summed E-state index contributed by atoms with van der Waals surface area (Å²) >= 11 is 0. The van der Waals surface area contributed by atoms with Gasteiger partial charge >= 0.3 is 0 Å². The number of sulfonamides is 1. The van der Waals surface area contributed by atoms with Gasteiger partial charge in [0.1, 0.15) is 11.6 Å². The molecule has 1 aliphatic rings. The minimum Gasteiger partial charge on any atom is -0.467 e. The van der Waals surface area contributed by atoms with Crippen LogP contribution in [0.3, 0.4) is 0 Å². The van der Waals surface area contributed by atoms with Crippen LogP contribution in [0.25, 0.3) is 0 Å². The van der Waals surface area contributed by atoms with Gasteiger partial charge in [-0.25, -0.2) is 17.5 Å². The van der Waals surface area contributed by atoms with E-state index in [1.807, 2.05) is 33.8 Å². The molecule has 0 aliphatic carbocycles. The van der Waals surface area contributed by atoms with Crippen LogP contribution in [0.2, 0.25) is 0 Å². The predicted molar refractivity (Wildman–Crippen MR) is 101 cm³/mol. The Bertz CT molecular complexity index is 960. The highest BCUT2D eigenvalue weighted by atomic mass is 32.2. The van der Waals surface area contributed by atoms with Crippen molar-refractivity contribution >= 4 is 10.0 Å². The molecule has 0 radical (unpaired) electrons. The van der Waals surface area contributed by atoms with Gasteiger partial charge in [-0.1, -0.05) is 6.07 Å². The number of halogens is 1. The average molecular weight is 393 g/mol. The van der Waals surface area contributed by atoms with Gasteiger partial charge in [-0.15, -0.1) is 0 Å². The van der Waals surface area contributed by atoms with Crippen molar-refractivity contribution in [2.24, 2.45) is 0 Å². The molecule has 0 saturated heterocycles. The fraction of sp³-hybridized carbons (Fsp3) is 0.400. The van der Waals surface area contributed by atoms with E-state index in [1.165, 1.54) is 12.1 Å². The monoisotopic (exact) mass is 393 g/mol. The summed E-state index contributed by atoms with van der Waals surface area (Å²) in [5.74, 6) is 0.197. The number of ether oxygens (including phenoxy) is 2. The summed E-state index contributed by atoms with van der Waals surface area (Å²) in [4.78, 5) is 0.325. The van der Waals surface area contributed by atoms with E-state index in [1.54, 1.807) is 0 Å². The molecule has 27 heavy (non-hydrogen) atoms.